The van der Waals surface area contributed by atoms with Crippen LogP contribution in [0.1, 0.15) is 50.4 Å². The molecule has 3 heterocycles. The van der Waals surface area contributed by atoms with Gasteiger partial charge in [0.15, 0.2) is 0 Å². The van der Waals surface area contributed by atoms with Crippen molar-refractivity contribution in [1.29, 1.82) is 0 Å². The average Bonchev–Trinajstić information content (AvgIpc) is 2.74. The van der Waals surface area contributed by atoms with Gasteiger partial charge < -0.3 is 0 Å². The summed E-state index contributed by atoms with van der Waals surface area (Å²) in [6.07, 6.45) is 10.2. The summed E-state index contributed by atoms with van der Waals surface area (Å²) in [6, 6.07) is 12.8. The summed E-state index contributed by atoms with van der Waals surface area (Å²) in [4.78, 5) is 15.2. The van der Waals surface area contributed by atoms with Crippen molar-refractivity contribution < 1.29 is 0 Å². The second-order valence-electron chi connectivity index (χ2n) is 8.05. The van der Waals surface area contributed by atoms with Gasteiger partial charge in [0, 0.05) is 26.2 Å². The van der Waals surface area contributed by atoms with Crippen molar-refractivity contribution in [2.24, 2.45) is 0 Å². The third-order valence-corrected chi connectivity index (χ3v) is 6.17. The Hall–Kier alpha value is -2.04. The zero-order valence-electron chi connectivity index (χ0n) is 16.0. The summed E-state index contributed by atoms with van der Waals surface area (Å²) in [5.41, 5.74) is 3.14. The molecule has 0 atom stereocenters. The number of hydrogen-bond donors (Lipinski definition) is 0. The third kappa shape index (κ3) is 3.44. The first-order valence-corrected chi connectivity index (χ1v) is 10.5. The van der Waals surface area contributed by atoms with Crippen molar-refractivity contribution >= 4 is 21.8 Å². The highest BCUT2D eigenvalue weighted by atomic mass is 15.4. The standard InChI is InChI=1S/C23H28N4/c1-5-11-26(12-6-1)23(27-13-7-2-8-14-27)22-17-24-20-15-18-9-3-4-10-19(18)16-21(20)25-22/h3-4,9-10,15-17,23H,1-2,5-8,11-14H2. The highest BCUT2D eigenvalue weighted by Gasteiger charge is 2.30. The number of rotatable bonds is 3. The molecule has 0 bridgehead atoms. The van der Waals surface area contributed by atoms with Gasteiger partial charge in [-0.2, -0.15) is 0 Å². The molecule has 0 saturated carbocycles. The van der Waals surface area contributed by atoms with Crippen molar-refractivity contribution in [1.82, 2.24) is 19.8 Å². The Morgan fingerprint density at radius 1 is 0.704 bits per heavy atom. The molecule has 0 N–H and O–H groups in total. The first kappa shape index (κ1) is 17.1. The number of benzene rings is 2. The van der Waals surface area contributed by atoms with Crippen LogP contribution >= 0.6 is 0 Å². The van der Waals surface area contributed by atoms with Gasteiger partial charge in [-0.3, -0.25) is 14.8 Å². The van der Waals surface area contributed by atoms with Gasteiger partial charge in [0.25, 0.3) is 0 Å². The molecule has 4 nitrogen and oxygen atoms in total. The second-order valence-corrected chi connectivity index (χ2v) is 8.05. The van der Waals surface area contributed by atoms with Crippen LogP contribution in [0.25, 0.3) is 21.8 Å². The fourth-order valence-corrected chi connectivity index (χ4v) is 4.77. The Morgan fingerprint density at radius 2 is 1.26 bits per heavy atom. The summed E-state index contributed by atoms with van der Waals surface area (Å²) in [6.45, 7) is 4.72. The van der Waals surface area contributed by atoms with Crippen LogP contribution in [0.5, 0.6) is 0 Å². The minimum absolute atomic E-state index is 0.286. The van der Waals surface area contributed by atoms with Gasteiger partial charge in [-0.15, -0.1) is 0 Å². The lowest BCUT2D eigenvalue weighted by Gasteiger charge is -2.42. The van der Waals surface area contributed by atoms with Gasteiger partial charge in [-0.05, 0) is 48.6 Å². The van der Waals surface area contributed by atoms with Crippen LogP contribution in [-0.4, -0.2) is 45.9 Å². The lowest BCUT2D eigenvalue weighted by Crippen LogP contribution is -2.46. The molecule has 0 aliphatic carbocycles. The number of aromatic nitrogens is 2. The van der Waals surface area contributed by atoms with E-state index in [0.29, 0.717) is 0 Å². The van der Waals surface area contributed by atoms with Crippen LogP contribution in [0.2, 0.25) is 0 Å². The lowest BCUT2D eigenvalue weighted by atomic mass is 10.1. The molecule has 1 aromatic heterocycles. The minimum atomic E-state index is 0.286. The monoisotopic (exact) mass is 360 g/mol. The van der Waals surface area contributed by atoms with Gasteiger partial charge in [-0.25, -0.2) is 4.98 Å². The molecule has 140 valence electrons. The maximum absolute atomic E-state index is 5.13. The summed E-state index contributed by atoms with van der Waals surface area (Å²) in [7, 11) is 0. The molecule has 5 rings (SSSR count). The first-order valence-electron chi connectivity index (χ1n) is 10.5. The number of fused-ring (bicyclic) bond motifs is 2. The van der Waals surface area contributed by atoms with Crippen LogP contribution in [0.15, 0.2) is 42.6 Å². The number of hydrogen-bond acceptors (Lipinski definition) is 4. The maximum atomic E-state index is 5.13. The molecule has 27 heavy (non-hydrogen) atoms. The van der Waals surface area contributed by atoms with E-state index in [4.69, 9.17) is 9.97 Å². The van der Waals surface area contributed by atoms with Gasteiger partial charge in [-0.1, -0.05) is 37.1 Å². The van der Waals surface area contributed by atoms with Crippen molar-refractivity contribution in [3.05, 3.63) is 48.3 Å². The second kappa shape index (κ2) is 7.53. The van der Waals surface area contributed by atoms with E-state index in [2.05, 4.69) is 46.2 Å². The van der Waals surface area contributed by atoms with E-state index in [1.54, 1.807) is 0 Å². The SMILES string of the molecule is c1ccc2cc3nc(C(N4CCCCC4)N4CCCCC4)cnc3cc2c1. The molecule has 2 aliphatic rings. The number of likely N-dealkylation sites (tertiary alicyclic amines) is 2. The molecule has 3 aromatic rings. The van der Waals surface area contributed by atoms with Crippen molar-refractivity contribution in [3.63, 3.8) is 0 Å². The molecule has 2 fully saturated rings. The zero-order valence-corrected chi connectivity index (χ0v) is 16.0. The van der Waals surface area contributed by atoms with E-state index < -0.39 is 0 Å². The molecule has 2 aliphatic heterocycles. The van der Waals surface area contributed by atoms with Crippen LogP contribution in [0, 0.1) is 0 Å². The van der Waals surface area contributed by atoms with Gasteiger partial charge in [0.2, 0.25) is 0 Å². The van der Waals surface area contributed by atoms with E-state index in [1.165, 1.54) is 75.5 Å². The molecular formula is C23H28N4. The number of nitrogens with zero attached hydrogens (tertiary/aromatic N) is 4. The highest BCUT2D eigenvalue weighted by Crippen LogP contribution is 2.30. The predicted molar refractivity (Wildman–Crippen MR) is 111 cm³/mol. The molecule has 0 unspecified atom stereocenters. The molecule has 0 amide bonds. The van der Waals surface area contributed by atoms with Crippen LogP contribution in [-0.2, 0) is 0 Å². The van der Waals surface area contributed by atoms with Crippen molar-refractivity contribution in [3.8, 4) is 0 Å². The predicted octanol–water partition coefficient (Wildman–Crippen LogP) is 4.75. The van der Waals surface area contributed by atoms with E-state index in [9.17, 15) is 0 Å². The Kier molecular flexibility index (Phi) is 4.76. The lowest BCUT2D eigenvalue weighted by molar-refractivity contribution is 0.0130. The quantitative estimate of drug-likeness (QED) is 0.631. The topological polar surface area (TPSA) is 32.3 Å². The van der Waals surface area contributed by atoms with Crippen LogP contribution in [0.3, 0.4) is 0 Å². The normalized spacial score (nSPS) is 19.9. The Labute approximate surface area is 161 Å². The molecule has 0 radical (unpaired) electrons. The first-order chi connectivity index (χ1) is 13.4. The molecular weight excluding hydrogens is 332 g/mol. The smallest absolute Gasteiger partial charge is 0.108 e. The fourth-order valence-electron chi connectivity index (χ4n) is 4.77. The van der Waals surface area contributed by atoms with Crippen molar-refractivity contribution in [2.75, 3.05) is 26.2 Å². The zero-order chi connectivity index (χ0) is 18.1. The third-order valence-electron chi connectivity index (χ3n) is 6.17. The molecule has 2 aromatic carbocycles. The Balaban J connectivity index is 1.56. The summed E-state index contributed by atoms with van der Waals surface area (Å²) in [5.74, 6) is 0. The maximum Gasteiger partial charge on any atom is 0.108 e. The van der Waals surface area contributed by atoms with E-state index in [0.717, 1.165) is 16.7 Å². The molecule has 2 saturated heterocycles. The summed E-state index contributed by atoms with van der Waals surface area (Å²) >= 11 is 0. The Bertz CT molecular complexity index is 908. The van der Waals surface area contributed by atoms with Crippen LogP contribution in [0.4, 0.5) is 0 Å². The summed E-state index contributed by atoms with van der Waals surface area (Å²) in [5, 5.41) is 2.47. The van der Waals surface area contributed by atoms with E-state index in [-0.39, 0.29) is 6.17 Å². The van der Waals surface area contributed by atoms with E-state index in [1.807, 2.05) is 6.20 Å². The summed E-state index contributed by atoms with van der Waals surface area (Å²) < 4.78 is 0. The largest absolute Gasteiger partial charge is 0.283 e. The van der Waals surface area contributed by atoms with Gasteiger partial charge in [0.1, 0.15) is 6.17 Å². The molecule has 4 heteroatoms. The molecule has 0 spiro atoms. The fraction of sp³-hybridized carbons (Fsp3) is 0.478. The minimum Gasteiger partial charge on any atom is -0.283 e. The van der Waals surface area contributed by atoms with Gasteiger partial charge >= 0.3 is 0 Å². The highest BCUT2D eigenvalue weighted by molar-refractivity contribution is 5.94. The van der Waals surface area contributed by atoms with Crippen LogP contribution < -0.4 is 0 Å². The average molecular weight is 361 g/mol. The van der Waals surface area contributed by atoms with Gasteiger partial charge in [0.05, 0.1) is 22.9 Å². The van der Waals surface area contributed by atoms with Crippen molar-refractivity contribution in [2.45, 2.75) is 44.7 Å². The number of piperidine rings is 2. The Morgan fingerprint density at radius 3 is 1.85 bits per heavy atom. The van der Waals surface area contributed by atoms with E-state index >= 15 is 0 Å².